The summed E-state index contributed by atoms with van der Waals surface area (Å²) in [5, 5.41) is 14.8. The molecule has 110 valence electrons. The maximum atomic E-state index is 12.9. The second-order valence-corrected chi connectivity index (χ2v) is 5.22. The first-order valence-electron chi connectivity index (χ1n) is 7.09. The number of aromatic nitrogens is 5. The Labute approximate surface area is 126 Å². The third kappa shape index (κ3) is 2.07. The first-order valence-corrected chi connectivity index (χ1v) is 7.09. The number of hydrogen-bond acceptors (Lipinski definition) is 4. The monoisotopic (exact) mass is 294 g/mol. The Kier molecular flexibility index (Phi) is 2.96. The van der Waals surface area contributed by atoms with Crippen molar-refractivity contribution in [3.05, 3.63) is 59.7 Å². The van der Waals surface area contributed by atoms with Gasteiger partial charge in [0, 0.05) is 30.8 Å². The molecule has 0 atom stereocenters. The van der Waals surface area contributed by atoms with Gasteiger partial charge in [0.1, 0.15) is 0 Å². The van der Waals surface area contributed by atoms with Crippen molar-refractivity contribution in [2.24, 2.45) is 0 Å². The number of aromatic amines is 1. The highest BCUT2D eigenvalue weighted by Crippen LogP contribution is 2.21. The van der Waals surface area contributed by atoms with Crippen LogP contribution >= 0.6 is 0 Å². The lowest BCUT2D eigenvalue weighted by Gasteiger charge is -2.27. The highest BCUT2D eigenvalue weighted by Gasteiger charge is 2.24. The summed E-state index contributed by atoms with van der Waals surface area (Å²) in [5.74, 6) is -0.00190. The van der Waals surface area contributed by atoms with Crippen LogP contribution in [-0.4, -0.2) is 42.5 Å². The van der Waals surface area contributed by atoms with Gasteiger partial charge in [-0.25, -0.2) is 4.68 Å². The third-order valence-electron chi connectivity index (χ3n) is 3.89. The van der Waals surface area contributed by atoms with Crippen LogP contribution < -0.4 is 0 Å². The molecule has 1 aromatic carbocycles. The number of rotatable bonds is 2. The van der Waals surface area contributed by atoms with Gasteiger partial charge in [-0.15, -0.1) is 5.10 Å². The predicted octanol–water partition coefficient (Wildman–Crippen LogP) is 1.19. The van der Waals surface area contributed by atoms with Crippen molar-refractivity contribution in [1.82, 2.24) is 30.1 Å². The van der Waals surface area contributed by atoms with Crippen molar-refractivity contribution >= 4 is 5.91 Å². The summed E-state index contributed by atoms with van der Waals surface area (Å²) in [7, 11) is 0. The van der Waals surface area contributed by atoms with Gasteiger partial charge in [-0.2, -0.15) is 5.10 Å². The summed E-state index contributed by atoms with van der Waals surface area (Å²) < 4.78 is 1.61. The van der Waals surface area contributed by atoms with E-state index in [0.29, 0.717) is 18.7 Å². The molecular formula is C15H14N6O. The molecule has 0 fully saturated rings. The Morgan fingerprint density at radius 3 is 3.05 bits per heavy atom. The Morgan fingerprint density at radius 2 is 2.18 bits per heavy atom. The molecule has 0 radical (unpaired) electrons. The lowest BCUT2D eigenvalue weighted by molar-refractivity contribution is 0.0734. The Morgan fingerprint density at radius 1 is 1.27 bits per heavy atom. The molecule has 3 heterocycles. The van der Waals surface area contributed by atoms with Gasteiger partial charge < -0.3 is 4.90 Å². The topological polar surface area (TPSA) is 79.7 Å². The minimum atomic E-state index is -0.00190. The van der Waals surface area contributed by atoms with Crippen molar-refractivity contribution in [2.75, 3.05) is 6.54 Å². The molecule has 1 aliphatic heterocycles. The quantitative estimate of drug-likeness (QED) is 0.770. The zero-order valence-corrected chi connectivity index (χ0v) is 11.8. The minimum absolute atomic E-state index is 0.00190. The van der Waals surface area contributed by atoms with Crippen LogP contribution in [0.25, 0.3) is 5.69 Å². The number of H-pyrrole nitrogens is 1. The third-order valence-corrected chi connectivity index (χ3v) is 3.89. The highest BCUT2D eigenvalue weighted by atomic mass is 16.2. The lowest BCUT2D eigenvalue weighted by atomic mass is 10.1. The van der Waals surface area contributed by atoms with E-state index in [1.807, 2.05) is 29.2 Å². The first kappa shape index (κ1) is 12.8. The molecule has 7 heteroatoms. The second-order valence-electron chi connectivity index (χ2n) is 5.22. The van der Waals surface area contributed by atoms with Gasteiger partial charge in [0.05, 0.1) is 29.8 Å². The van der Waals surface area contributed by atoms with Crippen molar-refractivity contribution in [2.45, 2.75) is 13.0 Å². The molecule has 0 saturated carbocycles. The fourth-order valence-electron chi connectivity index (χ4n) is 2.76. The number of fused-ring (bicyclic) bond motifs is 1. The SMILES string of the molecule is O=C(c1ccccc1-n1ccnn1)N1CCc2[nH]ncc2C1. The zero-order chi connectivity index (χ0) is 14.9. The summed E-state index contributed by atoms with van der Waals surface area (Å²) >= 11 is 0. The van der Waals surface area contributed by atoms with E-state index in [-0.39, 0.29) is 5.91 Å². The molecule has 1 amide bonds. The summed E-state index contributed by atoms with van der Waals surface area (Å²) in [6, 6.07) is 7.44. The molecule has 3 aromatic rings. The zero-order valence-electron chi connectivity index (χ0n) is 11.8. The summed E-state index contributed by atoms with van der Waals surface area (Å²) in [4.78, 5) is 14.7. The van der Waals surface area contributed by atoms with Gasteiger partial charge in [-0.3, -0.25) is 9.89 Å². The molecule has 0 saturated heterocycles. The predicted molar refractivity (Wildman–Crippen MR) is 78.4 cm³/mol. The van der Waals surface area contributed by atoms with Crippen LogP contribution in [-0.2, 0) is 13.0 Å². The van der Waals surface area contributed by atoms with Crippen molar-refractivity contribution in [3.63, 3.8) is 0 Å². The van der Waals surface area contributed by atoms with Crippen LogP contribution in [0.1, 0.15) is 21.6 Å². The molecular weight excluding hydrogens is 280 g/mol. The molecule has 22 heavy (non-hydrogen) atoms. The van der Waals surface area contributed by atoms with E-state index in [2.05, 4.69) is 20.5 Å². The van der Waals surface area contributed by atoms with Gasteiger partial charge in [0.2, 0.25) is 0 Å². The van der Waals surface area contributed by atoms with E-state index < -0.39 is 0 Å². The largest absolute Gasteiger partial charge is 0.334 e. The van der Waals surface area contributed by atoms with E-state index in [0.717, 1.165) is 23.4 Å². The van der Waals surface area contributed by atoms with Crippen LogP contribution in [0.15, 0.2) is 42.9 Å². The Hall–Kier alpha value is -2.96. The molecule has 1 N–H and O–H groups in total. The number of nitrogens with zero attached hydrogens (tertiary/aromatic N) is 5. The first-order chi connectivity index (χ1) is 10.8. The molecule has 0 unspecified atom stereocenters. The molecule has 1 aliphatic rings. The normalized spacial score (nSPS) is 13.9. The number of benzene rings is 1. The Balaban J connectivity index is 1.67. The number of carbonyl (C=O) groups is 1. The van der Waals surface area contributed by atoms with Crippen molar-refractivity contribution in [1.29, 1.82) is 0 Å². The summed E-state index contributed by atoms with van der Waals surface area (Å²) in [6.45, 7) is 1.26. The Bertz CT molecular complexity index is 807. The standard InChI is InChI=1S/C15H14N6O/c22-15(20-7-5-13-11(10-20)9-17-18-13)12-3-1-2-4-14(12)21-8-6-16-19-21/h1-4,6,8-9H,5,7,10H2,(H,17,18). The van der Waals surface area contributed by atoms with E-state index in [9.17, 15) is 4.79 Å². The minimum Gasteiger partial charge on any atom is -0.334 e. The van der Waals surface area contributed by atoms with Crippen LogP contribution in [0, 0.1) is 0 Å². The molecule has 2 aromatic heterocycles. The van der Waals surface area contributed by atoms with Gasteiger partial charge in [-0.1, -0.05) is 17.3 Å². The molecule has 0 spiro atoms. The van der Waals surface area contributed by atoms with Crippen molar-refractivity contribution < 1.29 is 4.79 Å². The van der Waals surface area contributed by atoms with E-state index in [1.54, 1.807) is 23.3 Å². The van der Waals surface area contributed by atoms with Crippen LogP contribution in [0.2, 0.25) is 0 Å². The number of amides is 1. The van der Waals surface area contributed by atoms with Gasteiger partial charge >= 0.3 is 0 Å². The summed E-state index contributed by atoms with van der Waals surface area (Å²) in [6.07, 6.45) is 5.92. The van der Waals surface area contributed by atoms with Crippen LogP contribution in [0.5, 0.6) is 0 Å². The van der Waals surface area contributed by atoms with E-state index >= 15 is 0 Å². The van der Waals surface area contributed by atoms with Crippen LogP contribution in [0.4, 0.5) is 0 Å². The molecule has 0 bridgehead atoms. The number of nitrogens with one attached hydrogen (secondary N) is 1. The van der Waals surface area contributed by atoms with Gasteiger partial charge in [-0.05, 0) is 12.1 Å². The average Bonchev–Trinajstić information content (AvgIpc) is 3.24. The lowest BCUT2D eigenvalue weighted by Crippen LogP contribution is -2.36. The molecule has 0 aliphatic carbocycles. The maximum absolute atomic E-state index is 12.9. The number of hydrogen-bond donors (Lipinski definition) is 1. The molecule has 7 nitrogen and oxygen atoms in total. The fourth-order valence-corrected chi connectivity index (χ4v) is 2.76. The maximum Gasteiger partial charge on any atom is 0.256 e. The van der Waals surface area contributed by atoms with Crippen LogP contribution in [0.3, 0.4) is 0 Å². The van der Waals surface area contributed by atoms with E-state index in [1.165, 1.54) is 0 Å². The summed E-state index contributed by atoms with van der Waals surface area (Å²) in [5.41, 5.74) is 3.56. The average molecular weight is 294 g/mol. The second kappa shape index (κ2) is 5.10. The fraction of sp³-hybridized carbons (Fsp3) is 0.200. The van der Waals surface area contributed by atoms with Crippen molar-refractivity contribution in [3.8, 4) is 5.69 Å². The highest BCUT2D eigenvalue weighted by molar-refractivity contribution is 5.97. The smallest absolute Gasteiger partial charge is 0.256 e. The van der Waals surface area contributed by atoms with Gasteiger partial charge in [0.25, 0.3) is 5.91 Å². The molecule has 4 rings (SSSR count). The number of carbonyl (C=O) groups excluding carboxylic acids is 1. The van der Waals surface area contributed by atoms with Gasteiger partial charge in [0.15, 0.2) is 0 Å². The van der Waals surface area contributed by atoms with E-state index in [4.69, 9.17) is 0 Å². The number of para-hydroxylation sites is 1.